The number of aromatic nitrogens is 2. The second kappa shape index (κ2) is 8.64. The van der Waals surface area contributed by atoms with Crippen LogP contribution in [0, 0.1) is 0 Å². The second-order valence-electron chi connectivity index (χ2n) is 11.0. The molecule has 0 N–H and O–H groups in total. The Balaban J connectivity index is 1.57. The van der Waals surface area contributed by atoms with E-state index in [0.29, 0.717) is 0 Å². The van der Waals surface area contributed by atoms with Crippen molar-refractivity contribution in [2.45, 2.75) is 12.8 Å². The van der Waals surface area contributed by atoms with Crippen LogP contribution in [0.5, 0.6) is 0 Å². The summed E-state index contributed by atoms with van der Waals surface area (Å²) >= 11 is 0. The Labute approximate surface area is 237 Å². The number of nitrogens with zero attached hydrogens (tertiary/aromatic N) is 2. The maximum absolute atomic E-state index is 5.04. The average Bonchev–Trinajstić information content (AvgIpc) is 3.37. The van der Waals surface area contributed by atoms with Crippen LogP contribution in [-0.4, -0.2) is 9.55 Å². The summed E-state index contributed by atoms with van der Waals surface area (Å²) in [5.41, 5.74) is 8.73. The Hall–Kier alpha value is -5.21. The number of fused-ring (bicyclic) bond motifs is 8. The molecule has 0 saturated heterocycles. The monoisotopic (exact) mass is 522 g/mol. The van der Waals surface area contributed by atoms with E-state index < -0.39 is 0 Å². The summed E-state index contributed by atoms with van der Waals surface area (Å²) in [4.78, 5) is 5.04. The molecule has 0 bridgehead atoms. The summed E-state index contributed by atoms with van der Waals surface area (Å²) in [6, 6.07) is 41.9. The van der Waals surface area contributed by atoms with E-state index in [9.17, 15) is 0 Å². The molecule has 0 atom stereocenters. The first-order valence-corrected chi connectivity index (χ1v) is 14.4. The molecule has 2 aromatic heterocycles. The Bertz CT molecular complexity index is 2370. The highest BCUT2D eigenvalue weighted by atomic mass is 15.0. The number of allylic oxidation sites excluding steroid dienone is 1. The van der Waals surface area contributed by atoms with Gasteiger partial charge in [0, 0.05) is 38.8 Å². The van der Waals surface area contributed by atoms with E-state index in [0.717, 1.165) is 18.4 Å². The summed E-state index contributed by atoms with van der Waals surface area (Å²) < 4.78 is 2.51. The zero-order chi connectivity index (χ0) is 26.9. The van der Waals surface area contributed by atoms with E-state index in [-0.39, 0.29) is 0 Å². The van der Waals surface area contributed by atoms with Gasteiger partial charge in [-0.3, -0.25) is 4.98 Å². The smallest absolute Gasteiger partial charge is 0.0708 e. The van der Waals surface area contributed by atoms with Gasteiger partial charge in [-0.2, -0.15) is 0 Å². The normalized spacial score (nSPS) is 13.1. The van der Waals surface area contributed by atoms with Crippen molar-refractivity contribution in [1.29, 1.82) is 0 Å². The molecule has 41 heavy (non-hydrogen) atoms. The molecule has 2 heterocycles. The molecule has 9 rings (SSSR count). The van der Waals surface area contributed by atoms with Crippen LogP contribution >= 0.6 is 0 Å². The molecular formula is C39H26N2. The second-order valence-corrected chi connectivity index (χ2v) is 11.0. The Kier molecular flexibility index (Phi) is 4.76. The van der Waals surface area contributed by atoms with Crippen molar-refractivity contribution >= 4 is 60.2 Å². The molecule has 0 radical (unpaired) electrons. The van der Waals surface area contributed by atoms with Crippen LogP contribution in [-0.2, 0) is 6.42 Å². The van der Waals surface area contributed by atoms with Crippen LogP contribution in [0.25, 0.3) is 77.0 Å². The van der Waals surface area contributed by atoms with Crippen molar-refractivity contribution < 1.29 is 0 Å². The molecule has 0 fully saturated rings. The molecule has 0 saturated carbocycles. The van der Waals surface area contributed by atoms with Crippen molar-refractivity contribution in [1.82, 2.24) is 9.55 Å². The molecule has 0 aliphatic heterocycles. The summed E-state index contributed by atoms with van der Waals surface area (Å²) in [6.45, 7) is 0. The molecular weight excluding hydrogens is 496 g/mol. The van der Waals surface area contributed by atoms with Gasteiger partial charge in [-0.05, 0) is 63.9 Å². The SMILES string of the molecule is C1=Cc2c(c3ccccc3n2-c2c3ccccc3c(-c3cccc4ccccc34)c3c2cnc2ccccc23)CC1. The van der Waals surface area contributed by atoms with Gasteiger partial charge >= 0.3 is 0 Å². The Morgan fingerprint density at radius 3 is 2.20 bits per heavy atom. The third-order valence-corrected chi connectivity index (χ3v) is 8.87. The number of hydrogen-bond donors (Lipinski definition) is 0. The molecule has 0 amide bonds. The fourth-order valence-electron chi connectivity index (χ4n) is 7.17. The van der Waals surface area contributed by atoms with Gasteiger partial charge in [0.1, 0.15) is 0 Å². The highest BCUT2D eigenvalue weighted by molar-refractivity contribution is 6.27. The maximum Gasteiger partial charge on any atom is 0.0708 e. The van der Waals surface area contributed by atoms with Crippen LogP contribution < -0.4 is 0 Å². The van der Waals surface area contributed by atoms with Crippen LogP contribution in [0.15, 0.2) is 128 Å². The van der Waals surface area contributed by atoms with Gasteiger partial charge < -0.3 is 4.57 Å². The Morgan fingerprint density at radius 1 is 0.585 bits per heavy atom. The first-order valence-electron chi connectivity index (χ1n) is 14.4. The van der Waals surface area contributed by atoms with E-state index >= 15 is 0 Å². The first-order chi connectivity index (χ1) is 20.4. The van der Waals surface area contributed by atoms with Gasteiger partial charge in [-0.1, -0.05) is 109 Å². The molecule has 0 unspecified atom stereocenters. The van der Waals surface area contributed by atoms with Gasteiger partial charge in [0.25, 0.3) is 0 Å². The Morgan fingerprint density at radius 2 is 1.29 bits per heavy atom. The third kappa shape index (κ3) is 3.16. The predicted octanol–water partition coefficient (Wildman–Crippen LogP) is 10.3. The number of para-hydroxylation sites is 2. The van der Waals surface area contributed by atoms with Crippen LogP contribution in [0.1, 0.15) is 17.7 Å². The van der Waals surface area contributed by atoms with Crippen molar-refractivity contribution in [2.24, 2.45) is 0 Å². The summed E-state index contributed by atoms with van der Waals surface area (Å²) in [5, 5.41) is 9.97. The van der Waals surface area contributed by atoms with E-state index in [1.807, 2.05) is 0 Å². The maximum atomic E-state index is 5.04. The van der Waals surface area contributed by atoms with E-state index in [1.165, 1.54) is 76.7 Å². The molecule has 0 spiro atoms. The molecule has 1 aliphatic rings. The molecule has 2 heteroatoms. The number of hydrogen-bond acceptors (Lipinski definition) is 1. The lowest BCUT2D eigenvalue weighted by atomic mass is 9.87. The molecule has 192 valence electrons. The zero-order valence-corrected chi connectivity index (χ0v) is 22.5. The minimum atomic E-state index is 1.02. The highest BCUT2D eigenvalue weighted by Gasteiger charge is 2.24. The number of aryl methyl sites for hydroxylation is 1. The van der Waals surface area contributed by atoms with Crippen LogP contribution in [0.4, 0.5) is 0 Å². The minimum absolute atomic E-state index is 1.02. The summed E-state index contributed by atoms with van der Waals surface area (Å²) in [7, 11) is 0. The first kappa shape index (κ1) is 22.6. The van der Waals surface area contributed by atoms with Gasteiger partial charge in [0.05, 0.1) is 16.7 Å². The zero-order valence-electron chi connectivity index (χ0n) is 22.5. The molecule has 1 aliphatic carbocycles. The van der Waals surface area contributed by atoms with E-state index in [4.69, 9.17) is 4.98 Å². The minimum Gasteiger partial charge on any atom is -0.308 e. The predicted molar refractivity (Wildman–Crippen MR) is 174 cm³/mol. The van der Waals surface area contributed by atoms with Gasteiger partial charge in [0.15, 0.2) is 0 Å². The van der Waals surface area contributed by atoms with Crippen molar-refractivity contribution in [2.75, 3.05) is 0 Å². The van der Waals surface area contributed by atoms with Gasteiger partial charge in [-0.15, -0.1) is 0 Å². The third-order valence-electron chi connectivity index (χ3n) is 8.87. The summed E-state index contributed by atoms with van der Waals surface area (Å²) in [6.07, 6.45) is 8.90. The van der Waals surface area contributed by atoms with Gasteiger partial charge in [-0.25, -0.2) is 0 Å². The molecule has 8 aromatic rings. The van der Waals surface area contributed by atoms with Crippen molar-refractivity contribution in [3.63, 3.8) is 0 Å². The van der Waals surface area contributed by atoms with E-state index in [1.54, 1.807) is 0 Å². The average molecular weight is 523 g/mol. The van der Waals surface area contributed by atoms with Crippen LogP contribution in [0.2, 0.25) is 0 Å². The standard InChI is InChI=1S/C39H26N2/c1-2-14-26-25(12-1)13-11-20-29(26)37-30-17-3-4-18-31(30)39(33-24-40-34-21-8-5-19-32(34)38(33)37)41-35-22-9-6-15-27(35)28-16-7-10-23-36(28)41/h1-6,8-15,17-24H,7,16H2. The van der Waals surface area contributed by atoms with Crippen molar-refractivity contribution in [3.05, 3.63) is 139 Å². The lowest BCUT2D eigenvalue weighted by Crippen LogP contribution is -2.04. The quantitative estimate of drug-likeness (QED) is 0.163. The molecule has 6 aromatic carbocycles. The fourth-order valence-corrected chi connectivity index (χ4v) is 7.17. The van der Waals surface area contributed by atoms with Gasteiger partial charge in [0.2, 0.25) is 0 Å². The fraction of sp³-hybridized carbons (Fsp3) is 0.0513. The summed E-state index contributed by atoms with van der Waals surface area (Å²) in [5.74, 6) is 0. The van der Waals surface area contributed by atoms with Crippen LogP contribution in [0.3, 0.4) is 0 Å². The van der Waals surface area contributed by atoms with Crippen molar-refractivity contribution in [3.8, 4) is 16.8 Å². The molecule has 2 nitrogen and oxygen atoms in total. The number of rotatable bonds is 2. The van der Waals surface area contributed by atoms with E-state index in [2.05, 4.69) is 138 Å². The number of pyridine rings is 1. The highest BCUT2D eigenvalue weighted by Crippen LogP contribution is 2.47. The lowest BCUT2D eigenvalue weighted by Gasteiger charge is -2.22. The lowest BCUT2D eigenvalue weighted by molar-refractivity contribution is 0.971. The largest absolute Gasteiger partial charge is 0.308 e. The number of benzene rings is 6. The topological polar surface area (TPSA) is 17.8 Å².